The molecule has 0 spiro atoms. The van der Waals surface area contributed by atoms with Crippen LogP contribution in [0.5, 0.6) is 11.6 Å². The Balaban J connectivity index is 2.39. The molecule has 0 amide bonds. The molecule has 2 rings (SSSR count). The SMILES string of the molecule is Cc1cc(C(=O)O)ccc1Oc1nccc(C)c1C#N. The molecule has 0 aliphatic heterocycles. The standard InChI is InChI=1S/C15H12N2O3/c1-9-5-6-17-14(12(9)8-16)20-13-4-3-11(15(18)19)7-10(13)2/h3-7H,1-2H3,(H,18,19). The van der Waals surface area contributed by atoms with E-state index >= 15 is 0 Å². The first-order valence-electron chi connectivity index (χ1n) is 5.90. The average Bonchev–Trinajstić information content (AvgIpc) is 2.41. The number of carboxylic acid groups (broad SMARTS) is 1. The third kappa shape index (κ3) is 2.59. The van der Waals surface area contributed by atoms with Crippen LogP contribution >= 0.6 is 0 Å². The fraction of sp³-hybridized carbons (Fsp3) is 0.133. The molecule has 0 radical (unpaired) electrons. The quantitative estimate of drug-likeness (QED) is 0.924. The van der Waals surface area contributed by atoms with Crippen molar-refractivity contribution in [3.63, 3.8) is 0 Å². The van der Waals surface area contributed by atoms with Crippen LogP contribution in [0.25, 0.3) is 0 Å². The summed E-state index contributed by atoms with van der Waals surface area (Å²) in [6, 6.07) is 8.30. The predicted molar refractivity (Wildman–Crippen MR) is 71.9 cm³/mol. The van der Waals surface area contributed by atoms with Crippen molar-refractivity contribution in [2.45, 2.75) is 13.8 Å². The minimum atomic E-state index is -0.994. The first-order valence-corrected chi connectivity index (χ1v) is 5.90. The molecule has 1 heterocycles. The highest BCUT2D eigenvalue weighted by atomic mass is 16.5. The molecule has 5 nitrogen and oxygen atoms in total. The van der Waals surface area contributed by atoms with Gasteiger partial charge in [-0.1, -0.05) is 0 Å². The number of ether oxygens (including phenoxy) is 1. The molecule has 0 bridgehead atoms. The molecule has 1 aromatic carbocycles. The smallest absolute Gasteiger partial charge is 0.335 e. The molecular formula is C15H12N2O3. The van der Waals surface area contributed by atoms with Crippen molar-refractivity contribution in [1.82, 2.24) is 4.98 Å². The van der Waals surface area contributed by atoms with Crippen LogP contribution in [0, 0.1) is 25.2 Å². The number of aryl methyl sites for hydroxylation is 2. The monoisotopic (exact) mass is 268 g/mol. The van der Waals surface area contributed by atoms with E-state index in [0.717, 1.165) is 5.56 Å². The Kier molecular flexibility index (Phi) is 3.67. The molecule has 20 heavy (non-hydrogen) atoms. The van der Waals surface area contributed by atoms with Crippen LogP contribution in [0.1, 0.15) is 27.0 Å². The van der Waals surface area contributed by atoms with Crippen molar-refractivity contribution in [1.29, 1.82) is 5.26 Å². The van der Waals surface area contributed by atoms with Crippen LogP contribution in [0.2, 0.25) is 0 Å². The van der Waals surface area contributed by atoms with Gasteiger partial charge in [-0.25, -0.2) is 9.78 Å². The lowest BCUT2D eigenvalue weighted by atomic mass is 10.1. The average molecular weight is 268 g/mol. The minimum absolute atomic E-state index is 0.188. The molecule has 0 unspecified atom stereocenters. The minimum Gasteiger partial charge on any atom is -0.478 e. The number of aromatic nitrogens is 1. The summed E-state index contributed by atoms with van der Waals surface area (Å²) in [5.41, 5.74) is 2.00. The largest absolute Gasteiger partial charge is 0.478 e. The van der Waals surface area contributed by atoms with E-state index in [9.17, 15) is 4.79 Å². The molecule has 1 N–H and O–H groups in total. The third-order valence-electron chi connectivity index (χ3n) is 2.86. The van der Waals surface area contributed by atoms with Crippen LogP contribution in [0.15, 0.2) is 30.5 Å². The molecule has 1 aromatic heterocycles. The van der Waals surface area contributed by atoms with E-state index < -0.39 is 5.97 Å². The molecule has 5 heteroatoms. The Morgan fingerprint density at radius 1 is 1.30 bits per heavy atom. The summed E-state index contributed by atoms with van der Waals surface area (Å²) in [5.74, 6) is -0.297. The third-order valence-corrected chi connectivity index (χ3v) is 2.86. The Labute approximate surface area is 116 Å². The number of nitriles is 1. The highest BCUT2D eigenvalue weighted by Crippen LogP contribution is 2.27. The van der Waals surface area contributed by atoms with E-state index in [-0.39, 0.29) is 11.4 Å². The Morgan fingerprint density at radius 2 is 2.05 bits per heavy atom. The molecular weight excluding hydrogens is 256 g/mol. The van der Waals surface area contributed by atoms with Gasteiger partial charge in [0.2, 0.25) is 5.88 Å². The first kappa shape index (κ1) is 13.6. The second-order valence-electron chi connectivity index (χ2n) is 4.31. The summed E-state index contributed by atoms with van der Waals surface area (Å²) >= 11 is 0. The van der Waals surface area contributed by atoms with Crippen molar-refractivity contribution in [3.05, 3.63) is 52.7 Å². The second-order valence-corrected chi connectivity index (χ2v) is 4.31. The summed E-state index contributed by atoms with van der Waals surface area (Å²) in [6.07, 6.45) is 1.56. The normalized spacial score (nSPS) is 9.85. The van der Waals surface area contributed by atoms with Crippen LogP contribution in [0.3, 0.4) is 0 Å². The number of rotatable bonds is 3. The van der Waals surface area contributed by atoms with Gasteiger partial charge in [-0.05, 0) is 49.2 Å². The topological polar surface area (TPSA) is 83.2 Å². The molecule has 0 aliphatic carbocycles. The fourth-order valence-corrected chi connectivity index (χ4v) is 1.75. The van der Waals surface area contributed by atoms with Gasteiger partial charge in [0.1, 0.15) is 17.4 Å². The van der Waals surface area contributed by atoms with Gasteiger partial charge in [0.15, 0.2) is 0 Å². The lowest BCUT2D eigenvalue weighted by Crippen LogP contribution is -1.99. The maximum atomic E-state index is 10.9. The Hall–Kier alpha value is -2.87. The van der Waals surface area contributed by atoms with Gasteiger partial charge in [0.25, 0.3) is 0 Å². The van der Waals surface area contributed by atoms with Gasteiger partial charge in [0, 0.05) is 6.20 Å². The van der Waals surface area contributed by atoms with E-state index in [1.807, 2.05) is 0 Å². The molecule has 0 saturated heterocycles. The Morgan fingerprint density at radius 3 is 2.65 bits per heavy atom. The van der Waals surface area contributed by atoms with Crippen molar-refractivity contribution in [2.24, 2.45) is 0 Å². The number of pyridine rings is 1. The number of benzene rings is 1. The second kappa shape index (κ2) is 5.41. The zero-order valence-electron chi connectivity index (χ0n) is 11.0. The van der Waals surface area contributed by atoms with Crippen LogP contribution in [-0.2, 0) is 0 Å². The molecule has 0 saturated carbocycles. The number of aromatic carboxylic acids is 1. The maximum absolute atomic E-state index is 10.9. The molecule has 2 aromatic rings. The number of carbonyl (C=O) groups is 1. The summed E-state index contributed by atoms with van der Waals surface area (Å²) in [6.45, 7) is 3.54. The molecule has 0 fully saturated rings. The molecule has 0 atom stereocenters. The molecule has 100 valence electrons. The first-order chi connectivity index (χ1) is 9.52. The van der Waals surface area contributed by atoms with Crippen molar-refractivity contribution in [2.75, 3.05) is 0 Å². The van der Waals surface area contributed by atoms with Gasteiger partial charge in [-0.2, -0.15) is 5.26 Å². The highest BCUT2D eigenvalue weighted by molar-refractivity contribution is 5.88. The van der Waals surface area contributed by atoms with Crippen molar-refractivity contribution < 1.29 is 14.6 Å². The van der Waals surface area contributed by atoms with Gasteiger partial charge in [-0.15, -0.1) is 0 Å². The number of hydrogen-bond donors (Lipinski definition) is 1. The van der Waals surface area contributed by atoms with E-state index in [4.69, 9.17) is 15.1 Å². The lowest BCUT2D eigenvalue weighted by Gasteiger charge is -2.10. The van der Waals surface area contributed by atoms with Crippen LogP contribution < -0.4 is 4.74 Å². The number of hydrogen-bond acceptors (Lipinski definition) is 4. The van der Waals surface area contributed by atoms with E-state index in [1.165, 1.54) is 12.1 Å². The number of carboxylic acids is 1. The van der Waals surface area contributed by atoms with Gasteiger partial charge in [-0.3, -0.25) is 0 Å². The summed E-state index contributed by atoms with van der Waals surface area (Å²) in [5, 5.41) is 18.0. The summed E-state index contributed by atoms with van der Waals surface area (Å²) in [7, 11) is 0. The van der Waals surface area contributed by atoms with E-state index in [0.29, 0.717) is 16.9 Å². The van der Waals surface area contributed by atoms with Gasteiger partial charge < -0.3 is 9.84 Å². The van der Waals surface area contributed by atoms with Crippen molar-refractivity contribution in [3.8, 4) is 17.7 Å². The zero-order valence-corrected chi connectivity index (χ0v) is 11.0. The summed E-state index contributed by atoms with van der Waals surface area (Å²) in [4.78, 5) is 14.9. The van der Waals surface area contributed by atoms with E-state index in [2.05, 4.69) is 11.1 Å². The fourth-order valence-electron chi connectivity index (χ4n) is 1.75. The van der Waals surface area contributed by atoms with Crippen LogP contribution in [-0.4, -0.2) is 16.1 Å². The summed E-state index contributed by atoms with van der Waals surface area (Å²) < 4.78 is 5.62. The van der Waals surface area contributed by atoms with Gasteiger partial charge >= 0.3 is 5.97 Å². The predicted octanol–water partition coefficient (Wildman–Crippen LogP) is 3.06. The van der Waals surface area contributed by atoms with Crippen LogP contribution in [0.4, 0.5) is 0 Å². The van der Waals surface area contributed by atoms with Crippen molar-refractivity contribution >= 4 is 5.97 Å². The zero-order chi connectivity index (χ0) is 14.7. The lowest BCUT2D eigenvalue weighted by molar-refractivity contribution is 0.0697. The highest BCUT2D eigenvalue weighted by Gasteiger charge is 2.12. The number of nitrogens with zero attached hydrogens (tertiary/aromatic N) is 2. The van der Waals surface area contributed by atoms with E-state index in [1.54, 1.807) is 32.2 Å². The Bertz CT molecular complexity index is 718. The van der Waals surface area contributed by atoms with Gasteiger partial charge in [0.05, 0.1) is 5.56 Å². The molecule has 0 aliphatic rings. The maximum Gasteiger partial charge on any atom is 0.335 e.